The fraction of sp³-hybridized carbons (Fsp3) is 1.00. The highest BCUT2D eigenvalue weighted by Gasteiger charge is 2.36. The van der Waals surface area contributed by atoms with E-state index in [0.29, 0.717) is 0 Å². The second kappa shape index (κ2) is 8.56. The van der Waals surface area contributed by atoms with Crippen LogP contribution in [0.15, 0.2) is 0 Å². The average molecular weight is 294 g/mol. The van der Waals surface area contributed by atoms with E-state index in [2.05, 4.69) is 33.0 Å². The molecule has 3 unspecified atom stereocenters. The summed E-state index contributed by atoms with van der Waals surface area (Å²) in [6.07, 6.45) is 12.0. The van der Waals surface area contributed by atoms with E-state index in [4.69, 9.17) is 0 Å². The maximum absolute atomic E-state index is 3.77. The molecule has 0 bridgehead atoms. The van der Waals surface area contributed by atoms with Crippen molar-refractivity contribution in [3.05, 3.63) is 0 Å². The van der Waals surface area contributed by atoms with Crippen LogP contribution in [0.2, 0.25) is 0 Å². The Morgan fingerprint density at radius 1 is 0.905 bits per heavy atom. The van der Waals surface area contributed by atoms with Crippen molar-refractivity contribution in [2.75, 3.05) is 13.1 Å². The first kappa shape index (κ1) is 17.3. The second-order valence-electron chi connectivity index (χ2n) is 8.69. The molecular formula is C20H39N. The van der Waals surface area contributed by atoms with Gasteiger partial charge in [-0.15, -0.1) is 0 Å². The molecule has 2 fully saturated rings. The van der Waals surface area contributed by atoms with Crippen molar-refractivity contribution in [2.24, 2.45) is 35.5 Å². The smallest absolute Gasteiger partial charge is 0.00176 e. The van der Waals surface area contributed by atoms with Crippen LogP contribution in [0.3, 0.4) is 0 Å². The molecule has 0 spiro atoms. The maximum Gasteiger partial charge on any atom is -0.00176 e. The van der Waals surface area contributed by atoms with Crippen molar-refractivity contribution in [1.82, 2.24) is 5.32 Å². The van der Waals surface area contributed by atoms with Gasteiger partial charge in [0.05, 0.1) is 0 Å². The Balaban J connectivity index is 1.92. The number of hydrogen-bond donors (Lipinski definition) is 1. The summed E-state index contributed by atoms with van der Waals surface area (Å²) in [6.45, 7) is 12.0. The molecule has 1 nitrogen and oxygen atoms in total. The van der Waals surface area contributed by atoms with Gasteiger partial charge in [-0.25, -0.2) is 0 Å². The quantitative estimate of drug-likeness (QED) is 0.681. The first-order chi connectivity index (χ1) is 10.1. The van der Waals surface area contributed by atoms with E-state index >= 15 is 0 Å². The zero-order chi connectivity index (χ0) is 15.2. The highest BCUT2D eigenvalue weighted by molar-refractivity contribution is 4.87. The summed E-state index contributed by atoms with van der Waals surface area (Å²) in [6, 6.07) is 0. The van der Waals surface area contributed by atoms with Crippen molar-refractivity contribution >= 4 is 0 Å². The van der Waals surface area contributed by atoms with Crippen LogP contribution in [0.5, 0.6) is 0 Å². The Morgan fingerprint density at radius 3 is 2.24 bits per heavy atom. The molecule has 1 heteroatoms. The minimum absolute atomic E-state index is 0.783. The molecule has 0 heterocycles. The molecule has 124 valence electrons. The molecule has 0 amide bonds. The Bertz CT molecular complexity index is 276. The third-order valence-corrected chi connectivity index (χ3v) is 6.25. The van der Waals surface area contributed by atoms with Gasteiger partial charge in [0.15, 0.2) is 0 Å². The summed E-state index contributed by atoms with van der Waals surface area (Å²) in [7, 11) is 0. The van der Waals surface area contributed by atoms with Crippen molar-refractivity contribution in [3.8, 4) is 0 Å². The molecule has 0 radical (unpaired) electrons. The monoisotopic (exact) mass is 293 g/mol. The van der Waals surface area contributed by atoms with Gasteiger partial charge in [-0.2, -0.15) is 0 Å². The molecule has 0 aliphatic heterocycles. The summed E-state index contributed by atoms with van der Waals surface area (Å²) < 4.78 is 0. The third kappa shape index (κ3) is 5.27. The lowest BCUT2D eigenvalue weighted by molar-refractivity contribution is 0.0783. The van der Waals surface area contributed by atoms with Crippen molar-refractivity contribution < 1.29 is 0 Å². The van der Waals surface area contributed by atoms with Gasteiger partial charge in [0, 0.05) is 0 Å². The minimum Gasteiger partial charge on any atom is -0.316 e. The fourth-order valence-corrected chi connectivity index (χ4v) is 4.86. The van der Waals surface area contributed by atoms with Gasteiger partial charge in [0.25, 0.3) is 0 Å². The van der Waals surface area contributed by atoms with Crippen molar-refractivity contribution in [1.29, 1.82) is 0 Å². The fourth-order valence-electron chi connectivity index (χ4n) is 4.86. The highest BCUT2D eigenvalue weighted by Crippen LogP contribution is 2.45. The van der Waals surface area contributed by atoms with Crippen molar-refractivity contribution in [2.45, 2.75) is 79.1 Å². The molecule has 2 aliphatic rings. The van der Waals surface area contributed by atoms with E-state index in [1.807, 2.05) is 0 Å². The molecule has 0 saturated heterocycles. The first-order valence-corrected chi connectivity index (χ1v) is 9.78. The number of rotatable bonds is 6. The van der Waals surface area contributed by atoms with Gasteiger partial charge < -0.3 is 5.32 Å². The van der Waals surface area contributed by atoms with Crippen LogP contribution >= 0.6 is 0 Å². The van der Waals surface area contributed by atoms with Crippen molar-refractivity contribution in [3.63, 3.8) is 0 Å². The van der Waals surface area contributed by atoms with Gasteiger partial charge in [0.1, 0.15) is 0 Å². The van der Waals surface area contributed by atoms with E-state index in [9.17, 15) is 0 Å². The molecule has 21 heavy (non-hydrogen) atoms. The maximum atomic E-state index is 3.77. The van der Waals surface area contributed by atoms with Crippen LogP contribution in [-0.2, 0) is 0 Å². The van der Waals surface area contributed by atoms with E-state index < -0.39 is 0 Å². The summed E-state index contributed by atoms with van der Waals surface area (Å²) in [5.41, 5.74) is 0. The van der Waals surface area contributed by atoms with E-state index in [1.54, 1.807) is 0 Å². The second-order valence-corrected chi connectivity index (χ2v) is 8.69. The Labute approximate surface area is 133 Å². The van der Waals surface area contributed by atoms with Gasteiger partial charge in [-0.3, -0.25) is 0 Å². The molecule has 2 aliphatic carbocycles. The number of nitrogens with one attached hydrogen (secondary N) is 1. The Morgan fingerprint density at radius 2 is 1.62 bits per heavy atom. The van der Waals surface area contributed by atoms with E-state index in [0.717, 1.165) is 35.5 Å². The summed E-state index contributed by atoms with van der Waals surface area (Å²) >= 11 is 0. The SMILES string of the molecule is CC(C)CNCC1CCC(C(C)C)CC1C1CCCCC1. The molecule has 0 aromatic heterocycles. The van der Waals surface area contributed by atoms with Crippen LogP contribution in [0.4, 0.5) is 0 Å². The largest absolute Gasteiger partial charge is 0.316 e. The standard InChI is InChI=1S/C20H39N/c1-15(2)13-21-14-19-11-10-18(16(3)4)12-20(19)17-8-6-5-7-9-17/h15-21H,5-14H2,1-4H3. The highest BCUT2D eigenvalue weighted by atomic mass is 14.9. The molecule has 0 aromatic carbocycles. The van der Waals surface area contributed by atoms with Crippen LogP contribution in [0.1, 0.15) is 79.1 Å². The molecule has 1 N–H and O–H groups in total. The lowest BCUT2D eigenvalue weighted by Crippen LogP contribution is -2.39. The lowest BCUT2D eigenvalue weighted by atomic mass is 9.63. The normalized spacial score (nSPS) is 32.0. The van der Waals surface area contributed by atoms with Crippen LogP contribution in [-0.4, -0.2) is 13.1 Å². The molecular weight excluding hydrogens is 254 g/mol. The van der Waals surface area contributed by atoms with Crippen LogP contribution < -0.4 is 5.32 Å². The van der Waals surface area contributed by atoms with Gasteiger partial charge in [0.2, 0.25) is 0 Å². The molecule has 0 aromatic rings. The first-order valence-electron chi connectivity index (χ1n) is 9.78. The number of hydrogen-bond acceptors (Lipinski definition) is 1. The minimum atomic E-state index is 0.783. The zero-order valence-electron chi connectivity index (χ0n) is 15.0. The summed E-state index contributed by atoms with van der Waals surface area (Å²) in [5, 5.41) is 3.77. The Hall–Kier alpha value is -0.0400. The average Bonchev–Trinajstić information content (AvgIpc) is 2.48. The summed E-state index contributed by atoms with van der Waals surface area (Å²) in [5.74, 6) is 5.70. The predicted molar refractivity (Wildman–Crippen MR) is 93.4 cm³/mol. The Kier molecular flexibility index (Phi) is 7.05. The zero-order valence-corrected chi connectivity index (χ0v) is 15.0. The molecule has 2 rings (SSSR count). The molecule has 3 atom stereocenters. The third-order valence-electron chi connectivity index (χ3n) is 6.25. The molecule has 2 saturated carbocycles. The van der Waals surface area contributed by atoms with E-state index in [-0.39, 0.29) is 0 Å². The van der Waals surface area contributed by atoms with Gasteiger partial charge in [-0.1, -0.05) is 59.8 Å². The topological polar surface area (TPSA) is 12.0 Å². The predicted octanol–water partition coefficient (Wildman–Crippen LogP) is 5.50. The van der Waals surface area contributed by atoms with Gasteiger partial charge >= 0.3 is 0 Å². The van der Waals surface area contributed by atoms with Crippen LogP contribution in [0, 0.1) is 35.5 Å². The van der Waals surface area contributed by atoms with E-state index in [1.165, 1.54) is 64.5 Å². The lowest BCUT2D eigenvalue weighted by Gasteiger charge is -2.43. The van der Waals surface area contributed by atoms with Gasteiger partial charge in [-0.05, 0) is 67.9 Å². The summed E-state index contributed by atoms with van der Waals surface area (Å²) in [4.78, 5) is 0. The van der Waals surface area contributed by atoms with Crippen LogP contribution in [0.25, 0.3) is 0 Å².